The van der Waals surface area contributed by atoms with E-state index in [-0.39, 0.29) is 23.4 Å². The molecular weight excluding hydrogens is 422 g/mol. The molecule has 1 unspecified atom stereocenters. The minimum atomic E-state index is -0.341. The molecule has 32 heavy (non-hydrogen) atoms. The number of carbonyl (C=O) groups excluding carboxylic acids is 1. The summed E-state index contributed by atoms with van der Waals surface area (Å²) in [4.78, 5) is 33.8. The highest BCUT2D eigenvalue weighted by Gasteiger charge is 2.33. The monoisotopic (exact) mass is 451 g/mol. The van der Waals surface area contributed by atoms with Gasteiger partial charge < -0.3 is 4.90 Å². The number of aromatic nitrogens is 2. The molecule has 2 aromatic carbocycles. The first kappa shape index (κ1) is 22.5. The number of unbranched alkanes of at least 4 members (excludes halogenated alkanes) is 1. The lowest BCUT2D eigenvalue weighted by molar-refractivity contribution is -0.140. The van der Waals surface area contributed by atoms with E-state index >= 15 is 0 Å². The molecule has 3 aromatic rings. The zero-order valence-electron chi connectivity index (χ0n) is 19.0. The smallest absolute Gasteiger partial charge is 0.266 e. The number of aryl methyl sites for hydroxylation is 1. The van der Waals surface area contributed by atoms with Crippen LogP contribution in [-0.2, 0) is 4.79 Å². The summed E-state index contributed by atoms with van der Waals surface area (Å²) in [6.07, 6.45) is 4.90. The SMILES string of the molecule is CCCCN(C(=O)C1CCC1)C(C)c1nc2cc(Cl)ccc2c(=O)n1-c1ccc(C)cc1. The van der Waals surface area contributed by atoms with Gasteiger partial charge in [0.15, 0.2) is 0 Å². The third kappa shape index (κ3) is 4.31. The van der Waals surface area contributed by atoms with E-state index in [1.807, 2.05) is 43.0 Å². The zero-order chi connectivity index (χ0) is 22.8. The predicted octanol–water partition coefficient (Wildman–Crippen LogP) is 5.84. The number of benzene rings is 2. The fourth-order valence-corrected chi connectivity index (χ4v) is 4.42. The summed E-state index contributed by atoms with van der Waals surface area (Å²) < 4.78 is 1.66. The third-order valence-electron chi connectivity index (χ3n) is 6.48. The van der Waals surface area contributed by atoms with Gasteiger partial charge in [-0.2, -0.15) is 0 Å². The average molecular weight is 452 g/mol. The summed E-state index contributed by atoms with van der Waals surface area (Å²) in [6.45, 7) is 6.77. The van der Waals surface area contributed by atoms with Crippen molar-refractivity contribution in [1.29, 1.82) is 0 Å². The Bertz CT molecular complexity index is 1180. The molecule has 168 valence electrons. The molecule has 0 N–H and O–H groups in total. The fraction of sp³-hybridized carbons (Fsp3) is 0.423. The molecule has 1 aliphatic rings. The molecule has 6 heteroatoms. The maximum absolute atomic E-state index is 13.6. The summed E-state index contributed by atoms with van der Waals surface area (Å²) in [5.41, 5.74) is 2.27. The van der Waals surface area contributed by atoms with Crippen molar-refractivity contribution in [2.24, 2.45) is 5.92 Å². The topological polar surface area (TPSA) is 55.2 Å². The van der Waals surface area contributed by atoms with Crippen molar-refractivity contribution < 1.29 is 4.79 Å². The molecule has 1 aliphatic carbocycles. The summed E-state index contributed by atoms with van der Waals surface area (Å²) in [5.74, 6) is 0.828. The minimum absolute atomic E-state index is 0.0868. The number of fused-ring (bicyclic) bond motifs is 1. The second-order valence-corrected chi connectivity index (χ2v) is 9.23. The lowest BCUT2D eigenvalue weighted by Gasteiger charge is -2.36. The molecule has 1 amide bonds. The van der Waals surface area contributed by atoms with Crippen LogP contribution in [0.1, 0.15) is 63.4 Å². The van der Waals surface area contributed by atoms with Crippen LogP contribution in [0.15, 0.2) is 47.3 Å². The molecule has 0 spiro atoms. The summed E-state index contributed by atoms with van der Waals surface area (Å²) in [6, 6.07) is 12.6. The molecule has 0 saturated heterocycles. The highest BCUT2D eigenvalue weighted by molar-refractivity contribution is 6.31. The zero-order valence-corrected chi connectivity index (χ0v) is 19.7. The Balaban J connectivity index is 1.89. The second kappa shape index (κ2) is 9.45. The number of hydrogen-bond acceptors (Lipinski definition) is 3. The number of amides is 1. The van der Waals surface area contributed by atoms with E-state index in [1.165, 1.54) is 0 Å². The summed E-state index contributed by atoms with van der Waals surface area (Å²) in [5, 5.41) is 1.04. The summed E-state index contributed by atoms with van der Waals surface area (Å²) >= 11 is 6.21. The second-order valence-electron chi connectivity index (χ2n) is 8.80. The Morgan fingerprint density at radius 2 is 1.94 bits per heavy atom. The van der Waals surface area contributed by atoms with Gasteiger partial charge in [-0.25, -0.2) is 4.98 Å². The van der Waals surface area contributed by atoms with E-state index in [1.54, 1.807) is 22.8 Å². The Labute approximate surface area is 194 Å². The normalized spacial score (nSPS) is 14.9. The quantitative estimate of drug-likeness (QED) is 0.453. The molecule has 1 heterocycles. The van der Waals surface area contributed by atoms with Gasteiger partial charge in [0.1, 0.15) is 5.82 Å². The molecule has 1 aromatic heterocycles. The van der Waals surface area contributed by atoms with Gasteiger partial charge in [-0.1, -0.05) is 49.1 Å². The van der Waals surface area contributed by atoms with Crippen molar-refractivity contribution in [1.82, 2.24) is 14.5 Å². The molecular formula is C26H30ClN3O2. The summed E-state index contributed by atoms with van der Waals surface area (Å²) in [7, 11) is 0. The van der Waals surface area contributed by atoms with Crippen molar-refractivity contribution in [3.8, 4) is 5.69 Å². The Kier molecular flexibility index (Phi) is 6.66. The molecule has 1 saturated carbocycles. The maximum Gasteiger partial charge on any atom is 0.266 e. The van der Waals surface area contributed by atoms with Crippen molar-refractivity contribution in [3.63, 3.8) is 0 Å². The number of carbonyl (C=O) groups is 1. The highest BCUT2D eigenvalue weighted by Crippen LogP contribution is 2.32. The van der Waals surface area contributed by atoms with Crippen LogP contribution in [-0.4, -0.2) is 26.9 Å². The van der Waals surface area contributed by atoms with E-state index in [0.717, 1.165) is 43.4 Å². The fourth-order valence-electron chi connectivity index (χ4n) is 4.25. The van der Waals surface area contributed by atoms with E-state index in [2.05, 4.69) is 6.92 Å². The van der Waals surface area contributed by atoms with E-state index < -0.39 is 0 Å². The number of hydrogen-bond donors (Lipinski definition) is 0. The van der Waals surface area contributed by atoms with Crippen LogP contribution in [0, 0.1) is 12.8 Å². The Morgan fingerprint density at radius 1 is 1.22 bits per heavy atom. The van der Waals surface area contributed by atoms with Crippen molar-refractivity contribution in [3.05, 3.63) is 69.2 Å². The molecule has 0 aliphatic heterocycles. The standard InChI is InChI=1S/C26H30ClN3O2/c1-4-5-15-29(25(31)19-7-6-8-19)18(3)24-28-23-16-20(27)11-14-22(23)26(32)30(24)21-12-9-17(2)10-13-21/h9-14,16,18-19H,4-8,15H2,1-3H3. The number of rotatable bonds is 7. The van der Waals surface area contributed by atoms with E-state index in [9.17, 15) is 9.59 Å². The van der Waals surface area contributed by atoms with Gasteiger partial charge >= 0.3 is 0 Å². The van der Waals surface area contributed by atoms with Gasteiger partial charge in [0.25, 0.3) is 5.56 Å². The third-order valence-corrected chi connectivity index (χ3v) is 6.72. The first-order valence-corrected chi connectivity index (χ1v) is 11.9. The average Bonchev–Trinajstić information content (AvgIpc) is 2.73. The van der Waals surface area contributed by atoms with E-state index in [0.29, 0.717) is 28.3 Å². The first-order chi connectivity index (χ1) is 15.4. The number of nitrogens with zero attached hydrogens (tertiary/aromatic N) is 3. The Morgan fingerprint density at radius 3 is 2.56 bits per heavy atom. The van der Waals surface area contributed by atoms with Crippen molar-refractivity contribution in [2.75, 3.05) is 6.54 Å². The molecule has 0 radical (unpaired) electrons. The van der Waals surface area contributed by atoms with Gasteiger partial charge in [0, 0.05) is 17.5 Å². The van der Waals surface area contributed by atoms with Gasteiger partial charge in [-0.05, 0) is 63.4 Å². The highest BCUT2D eigenvalue weighted by atomic mass is 35.5. The largest absolute Gasteiger partial charge is 0.333 e. The Hall–Kier alpha value is -2.66. The molecule has 5 nitrogen and oxygen atoms in total. The lowest BCUT2D eigenvalue weighted by atomic mass is 9.84. The van der Waals surface area contributed by atoms with Gasteiger partial charge in [-0.15, -0.1) is 0 Å². The molecule has 1 fully saturated rings. The molecule has 4 rings (SSSR count). The predicted molar refractivity (Wildman–Crippen MR) is 129 cm³/mol. The number of halogens is 1. The van der Waals surface area contributed by atoms with Crippen molar-refractivity contribution in [2.45, 2.75) is 58.9 Å². The lowest BCUT2D eigenvalue weighted by Crippen LogP contribution is -2.42. The van der Waals surface area contributed by atoms with Crippen LogP contribution in [0.25, 0.3) is 16.6 Å². The molecule has 1 atom stereocenters. The van der Waals surface area contributed by atoms with Crippen molar-refractivity contribution >= 4 is 28.4 Å². The maximum atomic E-state index is 13.6. The van der Waals surface area contributed by atoms with Gasteiger partial charge in [0.2, 0.25) is 5.91 Å². The first-order valence-electron chi connectivity index (χ1n) is 11.5. The van der Waals surface area contributed by atoms with Crippen LogP contribution >= 0.6 is 11.6 Å². The van der Waals surface area contributed by atoms with Crippen LogP contribution < -0.4 is 5.56 Å². The van der Waals surface area contributed by atoms with E-state index in [4.69, 9.17) is 16.6 Å². The molecule has 0 bridgehead atoms. The van der Waals surface area contributed by atoms with Crippen LogP contribution in [0.3, 0.4) is 0 Å². The van der Waals surface area contributed by atoms with Crippen LogP contribution in [0.4, 0.5) is 0 Å². The van der Waals surface area contributed by atoms with Crippen LogP contribution in [0.5, 0.6) is 0 Å². The van der Waals surface area contributed by atoms with Gasteiger partial charge in [0.05, 0.1) is 22.6 Å². The van der Waals surface area contributed by atoms with Crippen LogP contribution in [0.2, 0.25) is 5.02 Å². The van der Waals surface area contributed by atoms with Gasteiger partial charge in [-0.3, -0.25) is 14.2 Å². The minimum Gasteiger partial charge on any atom is -0.333 e.